The summed E-state index contributed by atoms with van der Waals surface area (Å²) in [5.41, 5.74) is 0.899. The van der Waals surface area contributed by atoms with Gasteiger partial charge in [-0.05, 0) is 17.7 Å². The second kappa shape index (κ2) is 7.09. The van der Waals surface area contributed by atoms with Gasteiger partial charge in [0.2, 0.25) is 15.9 Å². The lowest BCUT2D eigenvalue weighted by Gasteiger charge is -2.06. The third-order valence-electron chi connectivity index (χ3n) is 2.76. The number of sulfonamides is 1. The molecule has 0 unspecified atom stereocenters. The van der Waals surface area contributed by atoms with Crippen molar-refractivity contribution in [3.05, 3.63) is 36.0 Å². The van der Waals surface area contributed by atoms with Crippen molar-refractivity contribution in [3.63, 3.8) is 0 Å². The number of nitrogens with zero attached hydrogens (tertiary/aromatic N) is 3. The van der Waals surface area contributed by atoms with E-state index in [4.69, 9.17) is 4.74 Å². The number of amides is 1. The minimum absolute atomic E-state index is 0.0631. The maximum atomic E-state index is 11.9. The number of ether oxygens (including phenoxy) is 1. The van der Waals surface area contributed by atoms with Crippen molar-refractivity contribution in [1.29, 1.82) is 0 Å². The molecule has 1 aromatic heterocycles. The molecule has 0 bridgehead atoms. The van der Waals surface area contributed by atoms with Gasteiger partial charge < -0.3 is 10.1 Å². The fraction of sp³-hybridized carbons (Fsp3) is 0.308. The zero-order valence-electron chi connectivity index (χ0n) is 12.7. The molecule has 1 amide bonds. The zero-order valence-corrected chi connectivity index (χ0v) is 13.5. The summed E-state index contributed by atoms with van der Waals surface area (Å²) in [6, 6.07) is 7.34. The van der Waals surface area contributed by atoms with Crippen LogP contribution in [0, 0.1) is 0 Å². The van der Waals surface area contributed by atoms with E-state index in [0.717, 1.165) is 11.8 Å². The molecule has 10 heteroatoms. The molecule has 2 rings (SSSR count). The normalized spacial score (nSPS) is 11.0. The molecule has 124 valence electrons. The summed E-state index contributed by atoms with van der Waals surface area (Å²) in [5, 5.41) is 10.0. The monoisotopic (exact) mass is 339 g/mol. The van der Waals surface area contributed by atoms with E-state index in [2.05, 4.69) is 20.4 Å². The first-order valence-electron chi connectivity index (χ1n) is 6.63. The molecule has 1 heterocycles. The zero-order chi connectivity index (χ0) is 16.9. The lowest BCUT2D eigenvalue weighted by atomic mass is 10.2. The largest absolute Gasteiger partial charge is 0.497 e. The Bertz CT molecular complexity index is 787. The molecule has 23 heavy (non-hydrogen) atoms. The maximum absolute atomic E-state index is 11.9. The molecular formula is C13H17N5O4S. The smallest absolute Gasteiger partial charge is 0.242 e. The molecule has 9 nitrogen and oxygen atoms in total. The first-order chi connectivity index (χ1) is 10.9. The van der Waals surface area contributed by atoms with Crippen LogP contribution in [-0.4, -0.2) is 42.7 Å². The van der Waals surface area contributed by atoms with Crippen LogP contribution in [0.15, 0.2) is 30.5 Å². The molecule has 0 fully saturated rings. The second-order valence-electron chi connectivity index (χ2n) is 4.80. The highest BCUT2D eigenvalue weighted by Crippen LogP contribution is 2.12. The van der Waals surface area contributed by atoms with E-state index in [1.165, 1.54) is 10.9 Å². The molecule has 0 saturated heterocycles. The Kier molecular flexibility index (Phi) is 5.16. The average molecular weight is 339 g/mol. The number of aromatic nitrogens is 3. The highest BCUT2D eigenvalue weighted by molar-refractivity contribution is 7.92. The summed E-state index contributed by atoms with van der Waals surface area (Å²) in [5.74, 6) is 0.501. The standard InChI is InChI=1S/C13H17N5O4S/c1-22-11-5-3-4-10(6-11)7-14-13(19)9-18-8-12(15-17-18)16-23(2,20)21/h3-6,8,16H,7,9H2,1-2H3,(H,14,19). The molecule has 0 atom stereocenters. The van der Waals surface area contributed by atoms with Crippen LogP contribution >= 0.6 is 0 Å². The van der Waals surface area contributed by atoms with Crippen LogP contribution in [-0.2, 0) is 27.9 Å². The van der Waals surface area contributed by atoms with Gasteiger partial charge in [0, 0.05) is 6.54 Å². The fourth-order valence-corrected chi connectivity index (χ4v) is 2.27. The van der Waals surface area contributed by atoms with Crippen molar-refractivity contribution in [2.24, 2.45) is 0 Å². The quantitative estimate of drug-likeness (QED) is 0.732. The Hall–Kier alpha value is -2.62. The summed E-state index contributed by atoms with van der Waals surface area (Å²) in [6.45, 7) is 0.279. The number of hydrogen-bond acceptors (Lipinski definition) is 6. The van der Waals surface area contributed by atoms with Gasteiger partial charge in [0.25, 0.3) is 0 Å². The first-order valence-corrected chi connectivity index (χ1v) is 8.52. The Morgan fingerprint density at radius 2 is 2.17 bits per heavy atom. The SMILES string of the molecule is COc1cccc(CNC(=O)Cn2cc(NS(C)(=O)=O)nn2)c1. The number of methoxy groups -OCH3 is 1. The summed E-state index contributed by atoms with van der Waals surface area (Å²) in [6.07, 6.45) is 2.35. The molecule has 0 aliphatic rings. The molecular weight excluding hydrogens is 322 g/mol. The van der Waals surface area contributed by atoms with Crippen molar-refractivity contribution in [2.75, 3.05) is 18.1 Å². The predicted molar refractivity (Wildman–Crippen MR) is 83.3 cm³/mol. The van der Waals surface area contributed by atoms with E-state index in [0.29, 0.717) is 12.3 Å². The first kappa shape index (κ1) is 16.7. The molecule has 0 spiro atoms. The van der Waals surface area contributed by atoms with Crippen LogP contribution in [0.3, 0.4) is 0 Å². The topological polar surface area (TPSA) is 115 Å². The van der Waals surface area contributed by atoms with Gasteiger partial charge in [0.15, 0.2) is 5.82 Å². The number of carbonyl (C=O) groups excluding carboxylic acids is 1. The van der Waals surface area contributed by atoms with Gasteiger partial charge in [-0.3, -0.25) is 9.52 Å². The average Bonchev–Trinajstić information content (AvgIpc) is 2.90. The number of carbonyl (C=O) groups is 1. The summed E-state index contributed by atoms with van der Waals surface area (Å²) >= 11 is 0. The van der Waals surface area contributed by atoms with E-state index in [1.54, 1.807) is 7.11 Å². The van der Waals surface area contributed by atoms with Crippen molar-refractivity contribution in [3.8, 4) is 5.75 Å². The van der Waals surface area contributed by atoms with Crippen LogP contribution in [0.2, 0.25) is 0 Å². The van der Waals surface area contributed by atoms with Crippen molar-refractivity contribution in [1.82, 2.24) is 20.3 Å². The number of anilines is 1. The van der Waals surface area contributed by atoms with Gasteiger partial charge in [0.05, 0.1) is 19.6 Å². The van der Waals surface area contributed by atoms with Crippen LogP contribution in [0.1, 0.15) is 5.56 Å². The lowest BCUT2D eigenvalue weighted by molar-refractivity contribution is -0.122. The maximum Gasteiger partial charge on any atom is 0.242 e. The molecule has 2 aromatic rings. The van der Waals surface area contributed by atoms with Gasteiger partial charge in [0.1, 0.15) is 12.3 Å². The van der Waals surface area contributed by atoms with Crippen molar-refractivity contribution >= 4 is 21.7 Å². The van der Waals surface area contributed by atoms with Gasteiger partial charge >= 0.3 is 0 Å². The minimum Gasteiger partial charge on any atom is -0.497 e. The van der Waals surface area contributed by atoms with Gasteiger partial charge in [-0.15, -0.1) is 5.10 Å². The van der Waals surface area contributed by atoms with E-state index in [-0.39, 0.29) is 18.3 Å². The third-order valence-corrected chi connectivity index (χ3v) is 3.34. The third kappa shape index (κ3) is 5.58. The Morgan fingerprint density at radius 3 is 2.87 bits per heavy atom. The van der Waals surface area contributed by atoms with Gasteiger partial charge in [-0.1, -0.05) is 17.3 Å². The number of nitrogens with one attached hydrogen (secondary N) is 2. The summed E-state index contributed by atoms with van der Waals surface area (Å²) < 4.78 is 30.7. The van der Waals surface area contributed by atoms with E-state index < -0.39 is 10.0 Å². The number of hydrogen-bond donors (Lipinski definition) is 2. The molecule has 0 aliphatic carbocycles. The van der Waals surface area contributed by atoms with Crippen LogP contribution in [0.4, 0.5) is 5.82 Å². The second-order valence-corrected chi connectivity index (χ2v) is 6.55. The lowest BCUT2D eigenvalue weighted by Crippen LogP contribution is -2.27. The molecule has 1 aromatic carbocycles. The molecule has 2 N–H and O–H groups in total. The van der Waals surface area contributed by atoms with Gasteiger partial charge in [-0.25, -0.2) is 13.1 Å². The Morgan fingerprint density at radius 1 is 1.39 bits per heavy atom. The molecule has 0 aliphatic heterocycles. The van der Waals surface area contributed by atoms with Crippen LogP contribution in [0.5, 0.6) is 5.75 Å². The number of rotatable bonds is 7. The van der Waals surface area contributed by atoms with Gasteiger partial charge in [-0.2, -0.15) is 0 Å². The predicted octanol–water partition coefficient (Wildman–Crippen LogP) is -0.0254. The Balaban J connectivity index is 1.87. The summed E-state index contributed by atoms with van der Waals surface area (Å²) in [4.78, 5) is 11.9. The highest BCUT2D eigenvalue weighted by Gasteiger charge is 2.09. The molecule has 0 saturated carbocycles. The van der Waals surface area contributed by atoms with E-state index >= 15 is 0 Å². The van der Waals surface area contributed by atoms with E-state index in [9.17, 15) is 13.2 Å². The van der Waals surface area contributed by atoms with Crippen molar-refractivity contribution in [2.45, 2.75) is 13.1 Å². The minimum atomic E-state index is -3.42. The van der Waals surface area contributed by atoms with E-state index in [1.807, 2.05) is 24.3 Å². The summed E-state index contributed by atoms with van der Waals surface area (Å²) in [7, 11) is -1.85. The van der Waals surface area contributed by atoms with Crippen molar-refractivity contribution < 1.29 is 17.9 Å². The van der Waals surface area contributed by atoms with Crippen LogP contribution < -0.4 is 14.8 Å². The number of benzene rings is 1. The molecule has 0 radical (unpaired) electrons. The van der Waals surface area contributed by atoms with Crippen LogP contribution in [0.25, 0.3) is 0 Å². The highest BCUT2D eigenvalue weighted by atomic mass is 32.2. The Labute approximate surface area is 133 Å². The fourth-order valence-electron chi connectivity index (χ4n) is 1.80.